The van der Waals surface area contributed by atoms with E-state index in [9.17, 15) is 4.39 Å². The zero-order valence-corrected chi connectivity index (χ0v) is 12.0. The summed E-state index contributed by atoms with van der Waals surface area (Å²) in [4.78, 5) is 7.99. The van der Waals surface area contributed by atoms with Crippen molar-refractivity contribution in [2.45, 2.75) is 0 Å². The fourth-order valence-electron chi connectivity index (χ4n) is 1.77. The summed E-state index contributed by atoms with van der Waals surface area (Å²) in [7, 11) is 0. The average molecular weight is 324 g/mol. The largest absolute Gasteiger partial charge is 0.260 e. The van der Waals surface area contributed by atoms with Gasteiger partial charge in [0.05, 0.1) is 32.6 Å². The molecule has 0 saturated carbocycles. The van der Waals surface area contributed by atoms with Crippen LogP contribution in [0.2, 0.25) is 10.0 Å². The molecule has 0 amide bonds. The van der Waals surface area contributed by atoms with Gasteiger partial charge in [0.25, 0.3) is 0 Å². The van der Waals surface area contributed by atoms with E-state index in [1.807, 2.05) is 6.07 Å². The molecular formula is C13H4Cl2FN3S. The van der Waals surface area contributed by atoms with E-state index in [0.717, 1.165) is 6.20 Å². The van der Waals surface area contributed by atoms with Crippen LogP contribution in [-0.4, -0.2) is 9.97 Å². The van der Waals surface area contributed by atoms with Crippen molar-refractivity contribution in [1.82, 2.24) is 9.97 Å². The van der Waals surface area contributed by atoms with E-state index in [1.54, 1.807) is 0 Å². The molecule has 0 saturated heterocycles. The summed E-state index contributed by atoms with van der Waals surface area (Å²) in [5, 5.41) is 9.97. The molecule has 3 rings (SSSR count). The number of halogens is 3. The Morgan fingerprint density at radius 1 is 1.20 bits per heavy atom. The summed E-state index contributed by atoms with van der Waals surface area (Å²) in [6.07, 6.45) is 2.64. The van der Waals surface area contributed by atoms with Crippen LogP contribution in [0.4, 0.5) is 4.39 Å². The second-order valence-corrected chi connectivity index (χ2v) is 5.76. The molecule has 0 aliphatic carbocycles. The highest BCUT2D eigenvalue weighted by molar-refractivity contribution is 7.21. The summed E-state index contributed by atoms with van der Waals surface area (Å²) in [5.41, 5.74) is 1.09. The zero-order valence-electron chi connectivity index (χ0n) is 9.69. The molecule has 0 aliphatic rings. The molecule has 7 heteroatoms. The SMILES string of the molecule is N#Cc1cc(Cl)c(-c2nc3c(F)cncc3s2)c(Cl)c1. The normalized spacial score (nSPS) is 10.7. The van der Waals surface area contributed by atoms with Crippen LogP contribution in [0.25, 0.3) is 20.8 Å². The lowest BCUT2D eigenvalue weighted by Gasteiger charge is -2.03. The Kier molecular flexibility index (Phi) is 3.30. The Morgan fingerprint density at radius 2 is 1.90 bits per heavy atom. The third kappa shape index (κ3) is 2.12. The van der Waals surface area contributed by atoms with E-state index in [1.165, 1.54) is 29.7 Å². The molecule has 0 atom stereocenters. The van der Waals surface area contributed by atoms with Crippen molar-refractivity contribution in [1.29, 1.82) is 5.26 Å². The quantitative estimate of drug-likeness (QED) is 0.653. The summed E-state index contributed by atoms with van der Waals surface area (Å²) >= 11 is 13.5. The molecule has 0 bridgehead atoms. The van der Waals surface area contributed by atoms with Crippen molar-refractivity contribution in [2.24, 2.45) is 0 Å². The molecule has 2 heterocycles. The highest BCUT2D eigenvalue weighted by Crippen LogP contribution is 2.39. The second-order valence-electron chi connectivity index (χ2n) is 3.91. The van der Waals surface area contributed by atoms with Gasteiger partial charge < -0.3 is 0 Å². The molecule has 0 spiro atoms. The number of nitriles is 1. The van der Waals surface area contributed by atoms with Crippen LogP contribution in [-0.2, 0) is 0 Å². The standard InChI is InChI=1S/C13H4Cl2FN3S/c14-7-1-6(3-17)2-8(15)11(7)13-19-12-9(16)4-18-5-10(12)20-13/h1-2,4-5H. The average Bonchev–Trinajstić information content (AvgIpc) is 2.82. The van der Waals surface area contributed by atoms with Gasteiger partial charge in [-0.05, 0) is 12.1 Å². The molecule has 0 fully saturated rings. The van der Waals surface area contributed by atoms with Gasteiger partial charge in [-0.25, -0.2) is 9.37 Å². The van der Waals surface area contributed by atoms with Gasteiger partial charge in [0.1, 0.15) is 10.5 Å². The first-order chi connectivity index (χ1) is 9.60. The summed E-state index contributed by atoms with van der Waals surface area (Å²) in [6.45, 7) is 0. The Labute approximate surface area is 127 Å². The number of hydrogen-bond donors (Lipinski definition) is 0. The minimum atomic E-state index is -0.495. The van der Waals surface area contributed by atoms with E-state index in [-0.39, 0.29) is 5.52 Å². The molecule has 0 aliphatic heterocycles. The van der Waals surface area contributed by atoms with Crippen LogP contribution < -0.4 is 0 Å². The first-order valence-electron chi connectivity index (χ1n) is 5.39. The van der Waals surface area contributed by atoms with E-state index >= 15 is 0 Å². The van der Waals surface area contributed by atoms with Gasteiger partial charge in [0.2, 0.25) is 0 Å². The maximum Gasteiger partial charge on any atom is 0.168 e. The molecule has 3 aromatic rings. The molecule has 0 N–H and O–H groups in total. The summed E-state index contributed by atoms with van der Waals surface area (Å²) in [5.74, 6) is -0.495. The van der Waals surface area contributed by atoms with Gasteiger partial charge in [-0.1, -0.05) is 23.2 Å². The van der Waals surface area contributed by atoms with Crippen LogP contribution in [0.3, 0.4) is 0 Å². The topological polar surface area (TPSA) is 49.6 Å². The predicted octanol–water partition coefficient (Wildman–Crippen LogP) is 4.68. The number of rotatable bonds is 1. The molecule has 2 aromatic heterocycles. The van der Waals surface area contributed by atoms with Gasteiger partial charge in [0, 0.05) is 11.8 Å². The van der Waals surface area contributed by atoms with Crippen molar-refractivity contribution in [3.63, 3.8) is 0 Å². The van der Waals surface area contributed by atoms with Crippen LogP contribution in [0, 0.1) is 17.1 Å². The lowest BCUT2D eigenvalue weighted by atomic mass is 10.1. The fraction of sp³-hybridized carbons (Fsp3) is 0. The van der Waals surface area contributed by atoms with E-state index in [0.29, 0.717) is 30.9 Å². The van der Waals surface area contributed by atoms with Crippen LogP contribution >= 0.6 is 34.5 Å². The van der Waals surface area contributed by atoms with Crippen molar-refractivity contribution < 1.29 is 4.39 Å². The molecule has 20 heavy (non-hydrogen) atoms. The molecule has 1 aromatic carbocycles. The van der Waals surface area contributed by atoms with Gasteiger partial charge >= 0.3 is 0 Å². The summed E-state index contributed by atoms with van der Waals surface area (Å²) in [6, 6.07) is 4.97. The number of nitrogens with zero attached hydrogens (tertiary/aromatic N) is 3. The molecular weight excluding hydrogens is 320 g/mol. The van der Waals surface area contributed by atoms with Crippen molar-refractivity contribution in [3.05, 3.63) is 46.0 Å². The smallest absolute Gasteiger partial charge is 0.168 e. The highest BCUT2D eigenvalue weighted by Gasteiger charge is 2.16. The van der Waals surface area contributed by atoms with Gasteiger partial charge in [-0.3, -0.25) is 4.98 Å². The van der Waals surface area contributed by atoms with Gasteiger partial charge in [-0.2, -0.15) is 5.26 Å². The van der Waals surface area contributed by atoms with Gasteiger partial charge in [0.15, 0.2) is 5.82 Å². The Bertz CT molecular complexity index is 847. The predicted molar refractivity (Wildman–Crippen MR) is 77.5 cm³/mol. The first-order valence-corrected chi connectivity index (χ1v) is 6.97. The van der Waals surface area contributed by atoms with Crippen molar-refractivity contribution in [3.8, 4) is 16.6 Å². The number of aromatic nitrogens is 2. The van der Waals surface area contributed by atoms with Crippen LogP contribution in [0.5, 0.6) is 0 Å². The van der Waals surface area contributed by atoms with Crippen LogP contribution in [0.15, 0.2) is 24.5 Å². The monoisotopic (exact) mass is 323 g/mol. The number of fused-ring (bicyclic) bond motifs is 1. The minimum Gasteiger partial charge on any atom is -0.260 e. The Balaban J connectivity index is 2.26. The number of thiazole rings is 1. The first kappa shape index (κ1) is 13.3. The highest BCUT2D eigenvalue weighted by atomic mass is 35.5. The van der Waals surface area contributed by atoms with Crippen LogP contribution in [0.1, 0.15) is 5.56 Å². The third-order valence-electron chi connectivity index (χ3n) is 2.64. The van der Waals surface area contributed by atoms with E-state index in [2.05, 4.69) is 9.97 Å². The maximum absolute atomic E-state index is 13.6. The Morgan fingerprint density at radius 3 is 2.50 bits per heavy atom. The number of pyridine rings is 1. The Hall–Kier alpha value is -1.74. The lowest BCUT2D eigenvalue weighted by molar-refractivity contribution is 0.631. The van der Waals surface area contributed by atoms with E-state index < -0.39 is 5.82 Å². The summed E-state index contributed by atoms with van der Waals surface area (Å²) < 4.78 is 14.2. The molecule has 98 valence electrons. The third-order valence-corrected chi connectivity index (χ3v) is 4.25. The number of hydrogen-bond acceptors (Lipinski definition) is 4. The zero-order chi connectivity index (χ0) is 14.3. The second kappa shape index (κ2) is 4.98. The molecule has 3 nitrogen and oxygen atoms in total. The lowest BCUT2D eigenvalue weighted by Crippen LogP contribution is -1.84. The van der Waals surface area contributed by atoms with Crippen molar-refractivity contribution >= 4 is 44.8 Å². The fourth-order valence-corrected chi connectivity index (χ4v) is 3.57. The van der Waals surface area contributed by atoms with E-state index in [4.69, 9.17) is 28.5 Å². The van der Waals surface area contributed by atoms with Crippen molar-refractivity contribution in [2.75, 3.05) is 0 Å². The molecule has 0 unspecified atom stereocenters. The minimum absolute atomic E-state index is 0.233. The van der Waals surface area contributed by atoms with Gasteiger partial charge in [-0.15, -0.1) is 11.3 Å². The number of benzene rings is 1. The molecule has 0 radical (unpaired) electrons. The maximum atomic E-state index is 13.6.